The van der Waals surface area contributed by atoms with E-state index in [0.717, 1.165) is 31.3 Å². The van der Waals surface area contributed by atoms with Crippen LogP contribution >= 0.6 is 0 Å². The van der Waals surface area contributed by atoms with E-state index in [9.17, 15) is 4.79 Å². The number of carbonyl (C=O) groups excluding carboxylic acids is 1. The number of rotatable bonds is 0. The van der Waals surface area contributed by atoms with Crippen molar-refractivity contribution in [3.63, 3.8) is 0 Å². The first-order chi connectivity index (χ1) is 7.20. The first kappa shape index (κ1) is 9.55. The Morgan fingerprint density at radius 2 is 1.87 bits per heavy atom. The third kappa shape index (κ3) is 1.37. The topological polar surface area (TPSA) is 35.5 Å². The number of ether oxygens (including phenoxy) is 2. The van der Waals surface area contributed by atoms with Gasteiger partial charge in [0.15, 0.2) is 17.7 Å². The van der Waals surface area contributed by atoms with Gasteiger partial charge in [-0.15, -0.1) is 0 Å². The van der Waals surface area contributed by atoms with Gasteiger partial charge in [-0.25, -0.2) is 0 Å². The smallest absolute Gasteiger partial charge is 0.187 e. The fourth-order valence-electron chi connectivity index (χ4n) is 2.87. The summed E-state index contributed by atoms with van der Waals surface area (Å²) < 4.78 is 11.9. The van der Waals surface area contributed by atoms with E-state index in [1.165, 1.54) is 6.42 Å². The molecule has 3 nitrogen and oxygen atoms in total. The Morgan fingerprint density at radius 3 is 2.53 bits per heavy atom. The Morgan fingerprint density at radius 1 is 1.20 bits per heavy atom. The van der Waals surface area contributed by atoms with Crippen molar-refractivity contribution in [3.8, 4) is 0 Å². The zero-order valence-corrected chi connectivity index (χ0v) is 8.99. The second kappa shape index (κ2) is 3.16. The van der Waals surface area contributed by atoms with Gasteiger partial charge in [-0.05, 0) is 31.4 Å². The maximum atomic E-state index is 11.6. The van der Waals surface area contributed by atoms with E-state index in [1.54, 1.807) is 6.08 Å². The van der Waals surface area contributed by atoms with Gasteiger partial charge in [0.2, 0.25) is 0 Å². The zero-order chi connectivity index (χ0) is 10.5. The molecule has 1 aliphatic heterocycles. The van der Waals surface area contributed by atoms with Gasteiger partial charge in [0.25, 0.3) is 0 Å². The molecule has 0 radical (unpaired) electrons. The zero-order valence-electron chi connectivity index (χ0n) is 8.99. The second-order valence-electron chi connectivity index (χ2n) is 4.84. The molecule has 0 amide bonds. The lowest BCUT2D eigenvalue weighted by Crippen LogP contribution is -2.34. The van der Waals surface area contributed by atoms with Gasteiger partial charge >= 0.3 is 0 Å². The molecule has 1 spiro atoms. The van der Waals surface area contributed by atoms with Crippen molar-refractivity contribution in [1.29, 1.82) is 0 Å². The van der Waals surface area contributed by atoms with E-state index < -0.39 is 5.79 Å². The molecule has 3 rings (SSSR count). The van der Waals surface area contributed by atoms with Crippen molar-refractivity contribution in [1.82, 2.24) is 0 Å². The number of carbonyl (C=O) groups is 1. The average Bonchev–Trinajstić information content (AvgIpc) is 2.69. The summed E-state index contributed by atoms with van der Waals surface area (Å²) in [6.07, 6.45) is 6.66. The largest absolute Gasteiger partial charge is 0.339 e. The lowest BCUT2D eigenvalue weighted by Gasteiger charge is -2.32. The molecule has 0 N–H and O–H groups in total. The number of fused-ring (bicyclic) bond motifs is 1. The van der Waals surface area contributed by atoms with Crippen LogP contribution in [0.3, 0.4) is 0 Å². The summed E-state index contributed by atoms with van der Waals surface area (Å²) in [5.41, 5.74) is 1.02. The number of hydrogen-bond donors (Lipinski definition) is 0. The highest BCUT2D eigenvalue weighted by Crippen LogP contribution is 2.44. The van der Waals surface area contributed by atoms with E-state index in [1.807, 2.05) is 6.92 Å². The minimum absolute atomic E-state index is 0.0833. The van der Waals surface area contributed by atoms with Crippen LogP contribution in [-0.2, 0) is 14.3 Å². The van der Waals surface area contributed by atoms with E-state index in [2.05, 4.69) is 0 Å². The molecular formula is C12H16O3. The van der Waals surface area contributed by atoms with Crippen LogP contribution in [0, 0.1) is 0 Å². The Labute approximate surface area is 89.4 Å². The Hall–Kier alpha value is -0.670. The van der Waals surface area contributed by atoms with Gasteiger partial charge in [0.05, 0.1) is 0 Å². The van der Waals surface area contributed by atoms with Crippen LogP contribution < -0.4 is 0 Å². The summed E-state index contributed by atoms with van der Waals surface area (Å²) >= 11 is 0. The van der Waals surface area contributed by atoms with Crippen LogP contribution in [0.5, 0.6) is 0 Å². The molecule has 0 bridgehead atoms. The Bertz CT molecular complexity index is 326. The molecule has 3 aliphatic rings. The third-order valence-corrected chi connectivity index (χ3v) is 3.67. The van der Waals surface area contributed by atoms with Crippen LogP contribution in [0.15, 0.2) is 11.6 Å². The summed E-state index contributed by atoms with van der Waals surface area (Å²) in [4.78, 5) is 11.6. The highest BCUT2D eigenvalue weighted by molar-refractivity contribution is 5.98. The van der Waals surface area contributed by atoms with Crippen molar-refractivity contribution < 1.29 is 14.3 Å². The molecule has 82 valence electrons. The average molecular weight is 208 g/mol. The molecular weight excluding hydrogens is 192 g/mol. The molecule has 2 atom stereocenters. The predicted octanol–water partition coefficient (Wildman–Crippen LogP) is 1.96. The Kier molecular flexibility index (Phi) is 2.01. The van der Waals surface area contributed by atoms with Crippen LogP contribution in [0.4, 0.5) is 0 Å². The van der Waals surface area contributed by atoms with E-state index in [4.69, 9.17) is 9.47 Å². The molecule has 0 aromatic heterocycles. The van der Waals surface area contributed by atoms with Crippen molar-refractivity contribution >= 4 is 5.78 Å². The summed E-state index contributed by atoms with van der Waals surface area (Å²) in [7, 11) is 0. The molecule has 2 fully saturated rings. The highest BCUT2D eigenvalue weighted by Gasteiger charge is 2.52. The minimum Gasteiger partial charge on any atom is -0.339 e. The SMILES string of the molecule is CC1=CC(=O)[C@H]2OC3(CCCCC3)O[C@@H]12. The third-order valence-electron chi connectivity index (χ3n) is 3.67. The van der Waals surface area contributed by atoms with Crippen LogP contribution in [0.25, 0.3) is 0 Å². The second-order valence-corrected chi connectivity index (χ2v) is 4.84. The number of hydrogen-bond acceptors (Lipinski definition) is 3. The van der Waals surface area contributed by atoms with Gasteiger partial charge in [0, 0.05) is 12.8 Å². The van der Waals surface area contributed by atoms with Crippen molar-refractivity contribution in [2.24, 2.45) is 0 Å². The molecule has 15 heavy (non-hydrogen) atoms. The van der Waals surface area contributed by atoms with Crippen LogP contribution in [-0.4, -0.2) is 23.8 Å². The summed E-state index contributed by atoms with van der Waals surface area (Å²) in [5, 5.41) is 0. The van der Waals surface area contributed by atoms with Crippen LogP contribution in [0.2, 0.25) is 0 Å². The van der Waals surface area contributed by atoms with Gasteiger partial charge in [0.1, 0.15) is 6.10 Å². The molecule has 1 saturated heterocycles. The maximum Gasteiger partial charge on any atom is 0.187 e. The van der Waals surface area contributed by atoms with E-state index in [0.29, 0.717) is 0 Å². The summed E-state index contributed by atoms with van der Waals surface area (Å²) in [6, 6.07) is 0. The summed E-state index contributed by atoms with van der Waals surface area (Å²) in [5.74, 6) is -0.348. The maximum absolute atomic E-state index is 11.6. The minimum atomic E-state index is -0.432. The van der Waals surface area contributed by atoms with Gasteiger partial charge in [-0.3, -0.25) is 4.79 Å². The fraction of sp³-hybridized carbons (Fsp3) is 0.750. The normalized spacial score (nSPS) is 38.2. The molecule has 0 unspecified atom stereocenters. The molecule has 0 aromatic carbocycles. The first-order valence-corrected chi connectivity index (χ1v) is 5.78. The van der Waals surface area contributed by atoms with Crippen molar-refractivity contribution in [2.45, 2.75) is 57.0 Å². The lowest BCUT2D eigenvalue weighted by atomic mass is 9.94. The summed E-state index contributed by atoms with van der Waals surface area (Å²) in [6.45, 7) is 1.95. The van der Waals surface area contributed by atoms with Gasteiger partial charge in [-0.2, -0.15) is 0 Å². The lowest BCUT2D eigenvalue weighted by molar-refractivity contribution is -0.193. The van der Waals surface area contributed by atoms with Gasteiger partial charge in [-0.1, -0.05) is 6.42 Å². The van der Waals surface area contributed by atoms with Gasteiger partial charge < -0.3 is 9.47 Å². The van der Waals surface area contributed by atoms with Crippen molar-refractivity contribution in [3.05, 3.63) is 11.6 Å². The molecule has 1 heterocycles. The van der Waals surface area contributed by atoms with E-state index >= 15 is 0 Å². The highest BCUT2D eigenvalue weighted by atomic mass is 16.8. The molecule has 1 saturated carbocycles. The van der Waals surface area contributed by atoms with Crippen molar-refractivity contribution in [2.75, 3.05) is 0 Å². The molecule has 3 heteroatoms. The molecule has 2 aliphatic carbocycles. The monoisotopic (exact) mass is 208 g/mol. The fourth-order valence-corrected chi connectivity index (χ4v) is 2.87. The quantitative estimate of drug-likeness (QED) is 0.610. The van der Waals surface area contributed by atoms with E-state index in [-0.39, 0.29) is 18.0 Å². The first-order valence-electron chi connectivity index (χ1n) is 5.78. The van der Waals surface area contributed by atoms with Crippen LogP contribution in [0.1, 0.15) is 39.0 Å². The number of ketones is 1. The standard InChI is InChI=1S/C12H16O3/c1-8-7-9(13)11-10(8)14-12(15-11)5-3-2-4-6-12/h7,10-11H,2-6H2,1H3/t10-,11+/m0/s1. The predicted molar refractivity (Wildman–Crippen MR) is 54.3 cm³/mol. The molecule has 0 aromatic rings. The Balaban J connectivity index is 1.83.